The number of piperidine rings is 1. The van der Waals surface area contributed by atoms with Gasteiger partial charge < -0.3 is 4.90 Å². The van der Waals surface area contributed by atoms with Gasteiger partial charge in [-0.2, -0.15) is 4.31 Å². The molecule has 0 radical (unpaired) electrons. The van der Waals surface area contributed by atoms with Gasteiger partial charge in [-0.25, -0.2) is 13.4 Å². The lowest BCUT2D eigenvalue weighted by atomic mass is 9.99. The van der Waals surface area contributed by atoms with Crippen molar-refractivity contribution in [1.29, 1.82) is 0 Å². The van der Waals surface area contributed by atoms with Gasteiger partial charge in [0.1, 0.15) is 0 Å². The number of aryl methyl sites for hydroxylation is 1. The van der Waals surface area contributed by atoms with Crippen molar-refractivity contribution in [2.24, 2.45) is 0 Å². The summed E-state index contributed by atoms with van der Waals surface area (Å²) in [5, 5.41) is 3.16. The molecule has 4 rings (SSSR count). The predicted octanol–water partition coefficient (Wildman–Crippen LogP) is 2.93. The Kier molecular flexibility index (Phi) is 4.82. The van der Waals surface area contributed by atoms with E-state index in [2.05, 4.69) is 4.98 Å². The van der Waals surface area contributed by atoms with E-state index in [0.29, 0.717) is 25.6 Å². The van der Waals surface area contributed by atoms with Crippen molar-refractivity contribution in [3.05, 3.63) is 39.8 Å². The summed E-state index contributed by atoms with van der Waals surface area (Å²) in [5.41, 5.74) is 2.79. The molecule has 1 fully saturated rings. The first-order chi connectivity index (χ1) is 12.9. The molecule has 0 saturated carbocycles. The zero-order valence-electron chi connectivity index (χ0n) is 15.5. The Balaban J connectivity index is 1.53. The van der Waals surface area contributed by atoms with E-state index in [1.165, 1.54) is 6.92 Å². The Morgan fingerprint density at radius 1 is 1.22 bits per heavy atom. The molecule has 0 spiro atoms. The molecule has 0 bridgehead atoms. The molecule has 1 aromatic carbocycles. The summed E-state index contributed by atoms with van der Waals surface area (Å²) < 4.78 is 27.8. The van der Waals surface area contributed by atoms with Crippen molar-refractivity contribution in [3.8, 4) is 0 Å². The lowest BCUT2D eigenvalue weighted by Crippen LogP contribution is -2.38. The lowest BCUT2D eigenvalue weighted by Gasteiger charge is -2.30. The molecular weight excluding hydrogens is 382 g/mol. The summed E-state index contributed by atoms with van der Waals surface area (Å²) in [6.07, 6.45) is 2.35. The van der Waals surface area contributed by atoms with Crippen molar-refractivity contribution in [2.45, 2.75) is 43.9 Å². The first kappa shape index (κ1) is 18.6. The van der Waals surface area contributed by atoms with Gasteiger partial charge in [-0.15, -0.1) is 11.3 Å². The molecule has 2 aliphatic heterocycles. The fourth-order valence-electron chi connectivity index (χ4n) is 3.90. The standard InChI is InChI=1S/C19H23N3O3S2/c1-13-12-26-19(20-13)16-5-8-21(9-6-16)27(24,25)17-4-3-15-7-10-22(14(2)23)18(15)11-17/h3-4,11-12,16H,5-10H2,1-2H3. The number of amides is 1. The number of carbonyl (C=O) groups excluding carboxylic acids is 1. The number of carbonyl (C=O) groups is 1. The number of thiazole rings is 1. The first-order valence-electron chi connectivity index (χ1n) is 9.19. The van der Waals surface area contributed by atoms with Gasteiger partial charge in [0, 0.05) is 49.2 Å². The quantitative estimate of drug-likeness (QED) is 0.787. The molecule has 0 aliphatic carbocycles. The largest absolute Gasteiger partial charge is 0.312 e. The average molecular weight is 406 g/mol. The first-order valence-corrected chi connectivity index (χ1v) is 11.5. The topological polar surface area (TPSA) is 70.6 Å². The second-order valence-corrected chi connectivity index (χ2v) is 10.0. The van der Waals surface area contributed by atoms with Gasteiger partial charge in [0.25, 0.3) is 0 Å². The highest BCUT2D eigenvalue weighted by atomic mass is 32.2. The van der Waals surface area contributed by atoms with Gasteiger partial charge in [0.05, 0.1) is 9.90 Å². The van der Waals surface area contributed by atoms with E-state index >= 15 is 0 Å². The van der Waals surface area contributed by atoms with E-state index in [1.807, 2.05) is 18.4 Å². The van der Waals surface area contributed by atoms with Crippen LogP contribution in [-0.2, 0) is 21.2 Å². The van der Waals surface area contributed by atoms with Crippen LogP contribution in [0.4, 0.5) is 5.69 Å². The highest BCUT2D eigenvalue weighted by molar-refractivity contribution is 7.89. The van der Waals surface area contributed by atoms with E-state index in [4.69, 9.17) is 0 Å². The molecule has 27 heavy (non-hydrogen) atoms. The minimum absolute atomic E-state index is 0.0529. The molecule has 0 unspecified atom stereocenters. The monoisotopic (exact) mass is 405 g/mol. The molecule has 8 heteroatoms. The summed E-state index contributed by atoms with van der Waals surface area (Å²) in [5.74, 6) is 0.284. The molecule has 144 valence electrons. The maximum atomic E-state index is 13.1. The summed E-state index contributed by atoms with van der Waals surface area (Å²) in [7, 11) is -3.55. The minimum Gasteiger partial charge on any atom is -0.312 e. The van der Waals surface area contributed by atoms with Crippen molar-refractivity contribution < 1.29 is 13.2 Å². The second-order valence-electron chi connectivity index (χ2n) is 7.22. The fourth-order valence-corrected chi connectivity index (χ4v) is 6.36. The SMILES string of the molecule is CC(=O)N1CCc2ccc(S(=O)(=O)N3CCC(c4nc(C)cs4)CC3)cc21. The maximum absolute atomic E-state index is 13.1. The molecular formula is C19H23N3O3S2. The van der Waals surface area contributed by atoms with Crippen molar-refractivity contribution in [2.75, 3.05) is 24.5 Å². The zero-order chi connectivity index (χ0) is 19.2. The van der Waals surface area contributed by atoms with Crippen LogP contribution in [0.2, 0.25) is 0 Å². The summed E-state index contributed by atoms with van der Waals surface area (Å²) in [6, 6.07) is 5.18. The molecule has 2 aliphatic rings. The Bertz CT molecular complexity index is 976. The minimum atomic E-state index is -3.55. The van der Waals surface area contributed by atoms with Crippen LogP contribution in [0.1, 0.15) is 41.9 Å². The summed E-state index contributed by atoms with van der Waals surface area (Å²) in [4.78, 5) is 18.3. The third-order valence-corrected chi connectivity index (χ3v) is 8.43. The smallest absolute Gasteiger partial charge is 0.243 e. The number of rotatable bonds is 3. The number of hydrogen-bond donors (Lipinski definition) is 0. The van der Waals surface area contributed by atoms with Crippen LogP contribution in [0, 0.1) is 6.92 Å². The molecule has 0 atom stereocenters. The molecule has 0 N–H and O–H groups in total. The van der Waals surface area contributed by atoms with E-state index in [9.17, 15) is 13.2 Å². The van der Waals surface area contributed by atoms with Crippen LogP contribution in [0.3, 0.4) is 0 Å². The summed E-state index contributed by atoms with van der Waals surface area (Å²) in [6.45, 7) is 5.12. The van der Waals surface area contributed by atoms with Gasteiger partial charge in [0.15, 0.2) is 0 Å². The molecule has 6 nitrogen and oxygen atoms in total. The number of benzene rings is 1. The third kappa shape index (κ3) is 3.41. The third-order valence-electron chi connectivity index (χ3n) is 5.41. The number of hydrogen-bond acceptors (Lipinski definition) is 5. The Hall–Kier alpha value is -1.77. The second kappa shape index (κ2) is 7.00. The van der Waals surface area contributed by atoms with Gasteiger partial charge in [-0.3, -0.25) is 4.79 Å². The Morgan fingerprint density at radius 2 is 1.96 bits per heavy atom. The van der Waals surface area contributed by atoms with Crippen LogP contribution in [0.5, 0.6) is 0 Å². The van der Waals surface area contributed by atoms with Crippen molar-refractivity contribution in [1.82, 2.24) is 9.29 Å². The van der Waals surface area contributed by atoms with Gasteiger partial charge in [0.2, 0.25) is 15.9 Å². The number of fused-ring (bicyclic) bond motifs is 1. The molecule has 1 amide bonds. The predicted molar refractivity (Wildman–Crippen MR) is 106 cm³/mol. The Labute approximate surface area is 163 Å². The Morgan fingerprint density at radius 3 is 2.59 bits per heavy atom. The molecule has 1 aromatic heterocycles. The van der Waals surface area contributed by atoms with Crippen LogP contribution in [0.25, 0.3) is 0 Å². The number of aromatic nitrogens is 1. The summed E-state index contributed by atoms with van der Waals surface area (Å²) >= 11 is 1.66. The van der Waals surface area contributed by atoms with E-state index < -0.39 is 10.0 Å². The van der Waals surface area contributed by atoms with Crippen molar-refractivity contribution >= 4 is 33.0 Å². The normalized spacial score (nSPS) is 18.7. The van der Waals surface area contributed by atoms with E-state index in [1.54, 1.807) is 32.7 Å². The van der Waals surface area contributed by atoms with Crippen LogP contribution in [0.15, 0.2) is 28.5 Å². The van der Waals surface area contributed by atoms with Gasteiger partial charge in [-0.1, -0.05) is 6.07 Å². The van der Waals surface area contributed by atoms with Crippen LogP contribution in [-0.4, -0.2) is 43.2 Å². The average Bonchev–Trinajstić information content (AvgIpc) is 3.27. The molecule has 3 heterocycles. The highest BCUT2D eigenvalue weighted by Crippen LogP contribution is 2.35. The van der Waals surface area contributed by atoms with E-state index in [-0.39, 0.29) is 10.8 Å². The number of nitrogens with zero attached hydrogens (tertiary/aromatic N) is 3. The van der Waals surface area contributed by atoms with E-state index in [0.717, 1.165) is 41.2 Å². The van der Waals surface area contributed by atoms with Gasteiger partial charge in [-0.05, 0) is 43.9 Å². The van der Waals surface area contributed by atoms with Crippen molar-refractivity contribution in [3.63, 3.8) is 0 Å². The van der Waals surface area contributed by atoms with Gasteiger partial charge >= 0.3 is 0 Å². The molecule has 1 saturated heterocycles. The number of sulfonamides is 1. The number of anilines is 1. The highest BCUT2D eigenvalue weighted by Gasteiger charge is 2.32. The fraction of sp³-hybridized carbons (Fsp3) is 0.474. The van der Waals surface area contributed by atoms with Crippen LogP contribution >= 0.6 is 11.3 Å². The van der Waals surface area contributed by atoms with Crippen LogP contribution < -0.4 is 4.90 Å². The zero-order valence-corrected chi connectivity index (χ0v) is 17.1. The maximum Gasteiger partial charge on any atom is 0.243 e. The molecule has 2 aromatic rings. The lowest BCUT2D eigenvalue weighted by molar-refractivity contribution is -0.116.